The van der Waals surface area contributed by atoms with Crippen LogP contribution in [0, 0.1) is 10.8 Å². The lowest BCUT2D eigenvalue weighted by Gasteiger charge is -2.44. The highest BCUT2D eigenvalue weighted by atomic mass is 16.6. The van der Waals surface area contributed by atoms with Gasteiger partial charge in [-0.2, -0.15) is 0 Å². The smallest absolute Gasteiger partial charge is 0.351 e. The summed E-state index contributed by atoms with van der Waals surface area (Å²) in [5.41, 5.74) is -2.25. The molecule has 1 aromatic carbocycles. The van der Waals surface area contributed by atoms with Gasteiger partial charge in [0.25, 0.3) is 0 Å². The molecule has 8 heteroatoms. The maximum Gasteiger partial charge on any atom is 0.351 e. The molecular formula is C24H29NO7. The van der Waals surface area contributed by atoms with Crippen LogP contribution in [0.4, 0.5) is 5.69 Å². The number of aliphatic hydroxyl groups is 2. The number of hydrogen-bond acceptors (Lipinski definition) is 8. The Hall–Kier alpha value is -2.58. The van der Waals surface area contributed by atoms with Crippen LogP contribution in [0.25, 0.3) is 6.08 Å². The molecule has 2 fully saturated rings. The van der Waals surface area contributed by atoms with Crippen molar-refractivity contribution in [1.82, 2.24) is 0 Å². The quantitative estimate of drug-likeness (QED) is 0.598. The van der Waals surface area contributed by atoms with E-state index in [4.69, 9.17) is 14.2 Å². The number of aliphatic hydroxyl groups excluding tert-OH is 2. The summed E-state index contributed by atoms with van der Waals surface area (Å²) in [5, 5.41) is 24.3. The molecule has 8 nitrogen and oxygen atoms in total. The van der Waals surface area contributed by atoms with E-state index in [2.05, 4.69) is 5.32 Å². The molecule has 32 heavy (non-hydrogen) atoms. The monoisotopic (exact) mass is 443 g/mol. The van der Waals surface area contributed by atoms with E-state index in [0.717, 1.165) is 5.56 Å². The van der Waals surface area contributed by atoms with Crippen molar-refractivity contribution >= 4 is 23.7 Å². The van der Waals surface area contributed by atoms with Crippen LogP contribution in [0.2, 0.25) is 0 Å². The molecule has 5 unspecified atom stereocenters. The van der Waals surface area contributed by atoms with Gasteiger partial charge in [0.15, 0.2) is 6.10 Å². The average molecular weight is 443 g/mol. The summed E-state index contributed by atoms with van der Waals surface area (Å²) in [7, 11) is 0. The third-order valence-corrected chi connectivity index (χ3v) is 8.29. The van der Waals surface area contributed by atoms with Gasteiger partial charge in [-0.15, -0.1) is 0 Å². The van der Waals surface area contributed by atoms with Gasteiger partial charge in [-0.25, -0.2) is 4.79 Å². The summed E-state index contributed by atoms with van der Waals surface area (Å²) >= 11 is 0. The van der Waals surface area contributed by atoms with Gasteiger partial charge in [0.1, 0.15) is 23.7 Å². The van der Waals surface area contributed by atoms with Gasteiger partial charge < -0.3 is 29.7 Å². The molecule has 3 N–H and O–H groups in total. The van der Waals surface area contributed by atoms with Crippen LogP contribution in [0.1, 0.15) is 64.7 Å². The van der Waals surface area contributed by atoms with Crippen molar-refractivity contribution in [1.29, 1.82) is 0 Å². The minimum atomic E-state index is -1.41. The highest BCUT2D eigenvalue weighted by Crippen LogP contribution is 2.66. The molecule has 0 spiro atoms. The van der Waals surface area contributed by atoms with Gasteiger partial charge in [0.05, 0.1) is 16.7 Å². The first-order chi connectivity index (χ1) is 14.8. The lowest BCUT2D eigenvalue weighted by Crippen LogP contribution is -2.53. The Balaban J connectivity index is 1.58. The molecule has 172 valence electrons. The Kier molecular flexibility index (Phi) is 4.16. The zero-order chi connectivity index (χ0) is 23.3. The number of benzene rings is 1. The molecule has 1 saturated carbocycles. The first-order valence-corrected chi connectivity index (χ1v) is 11.0. The van der Waals surface area contributed by atoms with E-state index in [0.29, 0.717) is 29.8 Å². The summed E-state index contributed by atoms with van der Waals surface area (Å²) < 4.78 is 17.7. The number of fused-ring (bicyclic) bond motifs is 5. The summed E-state index contributed by atoms with van der Waals surface area (Å²) in [4.78, 5) is 26.3. The fraction of sp³-hybridized carbons (Fsp3) is 0.583. The van der Waals surface area contributed by atoms with E-state index in [1.807, 2.05) is 26.8 Å². The lowest BCUT2D eigenvalue weighted by molar-refractivity contribution is -0.199. The Morgan fingerprint density at radius 3 is 2.47 bits per heavy atom. The predicted molar refractivity (Wildman–Crippen MR) is 115 cm³/mol. The van der Waals surface area contributed by atoms with Crippen molar-refractivity contribution in [2.45, 2.75) is 77.1 Å². The van der Waals surface area contributed by atoms with Crippen LogP contribution >= 0.6 is 0 Å². The fourth-order valence-electron chi connectivity index (χ4n) is 5.58. The van der Waals surface area contributed by atoms with Crippen LogP contribution in [-0.4, -0.2) is 45.7 Å². The summed E-state index contributed by atoms with van der Waals surface area (Å²) in [5.74, 6) is -0.621. The van der Waals surface area contributed by atoms with Crippen molar-refractivity contribution in [2.24, 2.45) is 10.8 Å². The molecule has 0 aromatic heterocycles. The number of carbonyl (C=O) groups excluding carboxylic acids is 2. The van der Waals surface area contributed by atoms with Gasteiger partial charge in [-0.1, -0.05) is 19.9 Å². The van der Waals surface area contributed by atoms with E-state index in [9.17, 15) is 19.8 Å². The molecule has 3 heterocycles. The van der Waals surface area contributed by atoms with Crippen molar-refractivity contribution in [3.05, 3.63) is 29.3 Å². The Morgan fingerprint density at radius 2 is 1.84 bits per heavy atom. The van der Waals surface area contributed by atoms with E-state index in [-0.39, 0.29) is 0 Å². The van der Waals surface area contributed by atoms with Crippen LogP contribution in [0.15, 0.2) is 18.2 Å². The molecule has 1 aliphatic carbocycles. The lowest BCUT2D eigenvalue weighted by atomic mass is 9.66. The molecule has 2 bridgehead atoms. The first kappa shape index (κ1) is 21.3. The van der Waals surface area contributed by atoms with Crippen LogP contribution < -0.4 is 10.1 Å². The number of ether oxygens (including phenoxy) is 3. The Bertz CT molecular complexity index is 1060. The van der Waals surface area contributed by atoms with E-state index in [1.54, 1.807) is 32.1 Å². The Morgan fingerprint density at radius 1 is 1.12 bits per heavy atom. The largest absolute Gasteiger partial charge is 0.484 e. The molecule has 0 amide bonds. The summed E-state index contributed by atoms with van der Waals surface area (Å²) in [6, 6.07) is 3.59. The second kappa shape index (κ2) is 6.26. The minimum Gasteiger partial charge on any atom is -0.484 e. The van der Waals surface area contributed by atoms with Gasteiger partial charge >= 0.3 is 11.9 Å². The van der Waals surface area contributed by atoms with Crippen LogP contribution in [-0.2, 0) is 19.1 Å². The highest BCUT2D eigenvalue weighted by Gasteiger charge is 2.76. The summed E-state index contributed by atoms with van der Waals surface area (Å²) in [6.07, 6.45) is 1.03. The van der Waals surface area contributed by atoms with E-state index < -0.39 is 52.4 Å². The number of carbonyl (C=O) groups is 2. The Labute approximate surface area is 186 Å². The zero-order valence-corrected chi connectivity index (χ0v) is 18.9. The standard InChI is InChI=1S/C24H29NO7/c1-21(2)18(27)17(15-13(31-21)8-6-12-7-9-14(26)25-16(12)15)30-20(29)24-11-10-23(5,19(28)32-24)22(24,3)4/h6-9,14,17-18,25-27H,10-11H2,1-5H3. The van der Waals surface area contributed by atoms with Crippen molar-refractivity contribution in [3.8, 4) is 5.75 Å². The predicted octanol–water partition coefficient (Wildman–Crippen LogP) is 2.68. The molecule has 3 aliphatic heterocycles. The number of hydrogen-bond donors (Lipinski definition) is 3. The number of rotatable bonds is 2. The van der Waals surface area contributed by atoms with Crippen LogP contribution in [0.5, 0.6) is 5.75 Å². The van der Waals surface area contributed by atoms with Gasteiger partial charge in [0, 0.05) is 5.41 Å². The third-order valence-electron chi connectivity index (χ3n) is 8.29. The van der Waals surface area contributed by atoms with Gasteiger partial charge in [0.2, 0.25) is 5.60 Å². The van der Waals surface area contributed by atoms with Crippen molar-refractivity contribution in [3.63, 3.8) is 0 Å². The van der Waals surface area contributed by atoms with Crippen LogP contribution in [0.3, 0.4) is 0 Å². The highest BCUT2D eigenvalue weighted by molar-refractivity contribution is 5.94. The normalized spacial score (nSPS) is 37.6. The van der Waals surface area contributed by atoms with Gasteiger partial charge in [-0.3, -0.25) is 4.79 Å². The molecule has 1 aromatic rings. The third kappa shape index (κ3) is 2.45. The number of esters is 2. The first-order valence-electron chi connectivity index (χ1n) is 11.0. The zero-order valence-electron chi connectivity index (χ0n) is 18.9. The molecule has 0 radical (unpaired) electrons. The van der Waals surface area contributed by atoms with E-state index in [1.165, 1.54) is 0 Å². The minimum absolute atomic E-state index is 0.364. The summed E-state index contributed by atoms with van der Waals surface area (Å²) in [6.45, 7) is 8.97. The second-order valence-electron chi connectivity index (χ2n) is 10.5. The molecule has 5 atom stereocenters. The van der Waals surface area contributed by atoms with E-state index >= 15 is 0 Å². The van der Waals surface area contributed by atoms with Crippen molar-refractivity contribution in [2.75, 3.05) is 5.32 Å². The van der Waals surface area contributed by atoms with Crippen molar-refractivity contribution < 1.29 is 34.0 Å². The average Bonchev–Trinajstić information content (AvgIpc) is 3.01. The number of anilines is 1. The maximum atomic E-state index is 13.7. The molecular weight excluding hydrogens is 414 g/mol. The molecule has 4 aliphatic rings. The number of nitrogens with one attached hydrogen (secondary N) is 1. The fourth-order valence-corrected chi connectivity index (χ4v) is 5.58. The topological polar surface area (TPSA) is 114 Å². The maximum absolute atomic E-state index is 13.7. The SMILES string of the molecule is CC1(C)Oc2ccc3c(c2C(OC(=O)C24CCC(C)(C(=O)O2)C4(C)C)C1O)NC(O)C=C3. The second-order valence-corrected chi connectivity index (χ2v) is 10.5. The molecule has 5 rings (SSSR count). The molecule has 1 saturated heterocycles. The van der Waals surface area contributed by atoms with Gasteiger partial charge in [-0.05, 0) is 57.4 Å².